The molecule has 0 saturated carbocycles. The Bertz CT molecular complexity index is 1800. The Balaban J connectivity index is 1.61. The number of nitro groups is 1. The topological polar surface area (TPSA) is 105 Å². The molecule has 0 radical (unpaired) electrons. The third-order valence-electron chi connectivity index (χ3n) is 7.45. The number of halogens is 2. The molecule has 43 heavy (non-hydrogen) atoms. The molecule has 8 nitrogen and oxygen atoms in total. The number of non-ortho nitro benzene ring substituents is 1. The van der Waals surface area contributed by atoms with Crippen LogP contribution in [0.1, 0.15) is 55.0 Å². The molecule has 0 amide bonds. The molecule has 3 aromatic carbocycles. The van der Waals surface area contributed by atoms with Gasteiger partial charge in [-0.15, -0.1) is 0 Å². The van der Waals surface area contributed by atoms with Crippen molar-refractivity contribution in [2.75, 3.05) is 7.11 Å². The summed E-state index contributed by atoms with van der Waals surface area (Å²) in [6.07, 6.45) is 3.13. The van der Waals surface area contributed by atoms with Crippen molar-refractivity contribution in [3.05, 3.63) is 109 Å². The summed E-state index contributed by atoms with van der Waals surface area (Å²) in [4.78, 5) is 28.9. The van der Waals surface area contributed by atoms with Crippen molar-refractivity contribution in [3.8, 4) is 5.75 Å². The van der Waals surface area contributed by atoms with Crippen molar-refractivity contribution in [3.63, 3.8) is 0 Å². The van der Waals surface area contributed by atoms with Gasteiger partial charge in [-0.1, -0.05) is 67.4 Å². The van der Waals surface area contributed by atoms with Gasteiger partial charge in [0, 0.05) is 47.3 Å². The molecule has 10 heteroatoms. The number of fused-ring (bicyclic) bond motifs is 3. The fourth-order valence-corrected chi connectivity index (χ4v) is 5.76. The van der Waals surface area contributed by atoms with E-state index in [0.717, 1.165) is 12.0 Å². The summed E-state index contributed by atoms with van der Waals surface area (Å²) in [5, 5.41) is 13.3. The first-order valence-electron chi connectivity index (χ1n) is 13.8. The highest BCUT2D eigenvalue weighted by atomic mass is 35.5. The van der Waals surface area contributed by atoms with Gasteiger partial charge in [-0.05, 0) is 48.1 Å². The molecule has 0 aliphatic carbocycles. The summed E-state index contributed by atoms with van der Waals surface area (Å²) in [5.74, 6) is -0.0827. The van der Waals surface area contributed by atoms with Crippen molar-refractivity contribution in [2.45, 2.75) is 45.6 Å². The zero-order chi connectivity index (χ0) is 30.8. The molecule has 0 spiro atoms. The Morgan fingerprint density at radius 2 is 1.70 bits per heavy atom. The van der Waals surface area contributed by atoms with Crippen LogP contribution in [0.4, 0.5) is 5.69 Å². The lowest BCUT2D eigenvalue weighted by atomic mass is 9.95. The number of furan rings is 1. The molecule has 0 N–H and O–H groups in total. The number of carbonyl (C=O) groups excluding carboxylic acids is 1. The second-order valence-corrected chi connectivity index (χ2v) is 11.7. The molecule has 0 fully saturated rings. The minimum Gasteiger partial charge on any atom is -0.493 e. The predicted molar refractivity (Wildman–Crippen MR) is 167 cm³/mol. The SMILES string of the molecule is COc1ccc(C(Cc2c(Cl)cncc2Cl)OC(=O)C(C)c2ccc(CC(C)C)cc2)c2c1oc1ccc([N+](=O)[O-])cc12. The molecule has 0 bridgehead atoms. The van der Waals surface area contributed by atoms with Crippen LogP contribution in [0.25, 0.3) is 21.9 Å². The maximum absolute atomic E-state index is 13.7. The number of esters is 1. The van der Waals surface area contributed by atoms with Crippen LogP contribution in [0.15, 0.2) is 71.4 Å². The summed E-state index contributed by atoms with van der Waals surface area (Å²) in [7, 11) is 1.51. The van der Waals surface area contributed by atoms with Crippen molar-refractivity contribution >= 4 is 56.8 Å². The van der Waals surface area contributed by atoms with Gasteiger partial charge in [-0.25, -0.2) is 0 Å². The minimum atomic E-state index is -0.888. The number of aromatic nitrogens is 1. The number of hydrogen-bond acceptors (Lipinski definition) is 7. The number of hydrogen-bond donors (Lipinski definition) is 0. The number of rotatable bonds is 10. The fraction of sp³-hybridized carbons (Fsp3) is 0.273. The highest BCUT2D eigenvalue weighted by Crippen LogP contribution is 2.43. The van der Waals surface area contributed by atoms with Crippen LogP contribution in [0.5, 0.6) is 5.75 Å². The molecule has 5 rings (SSSR count). The van der Waals surface area contributed by atoms with E-state index >= 15 is 0 Å². The number of pyridine rings is 1. The smallest absolute Gasteiger partial charge is 0.313 e. The summed E-state index contributed by atoms with van der Waals surface area (Å²) in [6, 6.07) is 15.8. The van der Waals surface area contributed by atoms with E-state index in [2.05, 4.69) is 18.8 Å². The predicted octanol–water partition coefficient (Wildman–Crippen LogP) is 9.03. The monoisotopic (exact) mass is 620 g/mol. The van der Waals surface area contributed by atoms with E-state index in [0.29, 0.717) is 54.8 Å². The summed E-state index contributed by atoms with van der Waals surface area (Å²) in [6.45, 7) is 6.11. The van der Waals surface area contributed by atoms with Crippen LogP contribution >= 0.6 is 23.2 Å². The first-order chi connectivity index (χ1) is 20.6. The number of ether oxygens (including phenoxy) is 2. The molecule has 2 heterocycles. The number of nitro benzene ring substituents is 1. The number of benzene rings is 3. The number of methoxy groups -OCH3 is 1. The van der Waals surface area contributed by atoms with Gasteiger partial charge in [-0.2, -0.15) is 0 Å². The molecule has 2 aromatic heterocycles. The van der Waals surface area contributed by atoms with Gasteiger partial charge in [-0.3, -0.25) is 19.9 Å². The van der Waals surface area contributed by atoms with Crippen molar-refractivity contribution in [1.29, 1.82) is 0 Å². The van der Waals surface area contributed by atoms with Crippen molar-refractivity contribution in [1.82, 2.24) is 4.98 Å². The standard InChI is InChI=1S/C33H30Cl2N2O6/c1-18(2)13-20-5-7-21(8-6-20)19(3)33(38)43-30(15-24-26(34)16-36-17-27(24)35)23-10-12-29(41-4)32-31(23)25-14-22(37(39)40)9-11-28(25)42-32/h5-12,14,16-19,30H,13,15H2,1-4H3. The second-order valence-electron chi connectivity index (χ2n) is 10.9. The highest BCUT2D eigenvalue weighted by Gasteiger charge is 2.29. The lowest BCUT2D eigenvalue weighted by Crippen LogP contribution is -2.19. The maximum Gasteiger partial charge on any atom is 0.313 e. The van der Waals surface area contributed by atoms with Gasteiger partial charge in [0.15, 0.2) is 11.3 Å². The average molecular weight is 622 g/mol. The van der Waals surface area contributed by atoms with Crippen LogP contribution in [0.3, 0.4) is 0 Å². The normalized spacial score (nSPS) is 12.9. The molecule has 0 aliphatic heterocycles. The summed E-state index contributed by atoms with van der Waals surface area (Å²) >= 11 is 13.0. The van der Waals surface area contributed by atoms with Crippen LogP contribution in [0, 0.1) is 16.0 Å². The largest absolute Gasteiger partial charge is 0.493 e. The molecular weight excluding hydrogens is 591 g/mol. The first kappa shape index (κ1) is 30.3. The molecule has 5 aromatic rings. The van der Waals surface area contributed by atoms with Gasteiger partial charge in [0.25, 0.3) is 5.69 Å². The lowest BCUT2D eigenvalue weighted by Gasteiger charge is -2.23. The van der Waals surface area contributed by atoms with E-state index in [1.165, 1.54) is 37.2 Å². The summed E-state index contributed by atoms with van der Waals surface area (Å²) in [5.41, 5.74) is 3.81. The summed E-state index contributed by atoms with van der Waals surface area (Å²) < 4.78 is 17.9. The Labute approximate surface area is 258 Å². The Kier molecular flexibility index (Phi) is 8.89. The van der Waals surface area contributed by atoms with E-state index in [4.69, 9.17) is 37.1 Å². The van der Waals surface area contributed by atoms with E-state index in [-0.39, 0.29) is 12.1 Å². The van der Waals surface area contributed by atoms with Crippen LogP contribution < -0.4 is 4.74 Å². The maximum atomic E-state index is 13.7. The third-order valence-corrected chi connectivity index (χ3v) is 8.10. The van der Waals surface area contributed by atoms with Crippen LogP contribution in [-0.2, 0) is 22.4 Å². The molecule has 0 saturated heterocycles. The molecule has 0 aliphatic rings. The van der Waals surface area contributed by atoms with Crippen LogP contribution in [0.2, 0.25) is 10.0 Å². The Morgan fingerprint density at radius 3 is 2.33 bits per heavy atom. The van der Waals surface area contributed by atoms with Gasteiger partial charge < -0.3 is 13.9 Å². The van der Waals surface area contributed by atoms with Gasteiger partial charge in [0.1, 0.15) is 11.7 Å². The average Bonchev–Trinajstić information content (AvgIpc) is 3.37. The van der Waals surface area contributed by atoms with E-state index in [1.54, 1.807) is 25.1 Å². The fourth-order valence-electron chi connectivity index (χ4n) is 5.24. The zero-order valence-corrected chi connectivity index (χ0v) is 25.6. The molecular formula is C33H30Cl2N2O6. The van der Waals surface area contributed by atoms with Crippen molar-refractivity contribution in [2.24, 2.45) is 5.92 Å². The van der Waals surface area contributed by atoms with Crippen LogP contribution in [-0.4, -0.2) is 23.0 Å². The lowest BCUT2D eigenvalue weighted by molar-refractivity contribution is -0.384. The van der Waals surface area contributed by atoms with E-state index in [1.807, 2.05) is 24.3 Å². The number of carbonyl (C=O) groups is 1. The van der Waals surface area contributed by atoms with Gasteiger partial charge in [0.05, 0.1) is 28.0 Å². The third kappa shape index (κ3) is 6.31. The number of nitrogens with zero attached hydrogens (tertiary/aromatic N) is 2. The minimum absolute atomic E-state index is 0.104. The van der Waals surface area contributed by atoms with E-state index in [9.17, 15) is 14.9 Å². The van der Waals surface area contributed by atoms with Crippen molar-refractivity contribution < 1.29 is 23.6 Å². The Hall–Kier alpha value is -4.14. The first-order valence-corrected chi connectivity index (χ1v) is 14.6. The second kappa shape index (κ2) is 12.6. The molecule has 222 valence electrons. The van der Waals surface area contributed by atoms with Gasteiger partial charge in [0.2, 0.25) is 0 Å². The molecule has 2 atom stereocenters. The van der Waals surface area contributed by atoms with Gasteiger partial charge >= 0.3 is 5.97 Å². The highest BCUT2D eigenvalue weighted by molar-refractivity contribution is 6.35. The van der Waals surface area contributed by atoms with E-state index < -0.39 is 22.9 Å². The zero-order valence-electron chi connectivity index (χ0n) is 24.1. The molecule has 2 unspecified atom stereocenters. The quantitative estimate of drug-likeness (QED) is 0.0870. The Morgan fingerprint density at radius 1 is 1.00 bits per heavy atom.